The Balaban J connectivity index is 1.93. The number of hydrogen-bond acceptors (Lipinski definition) is 4. The summed E-state index contributed by atoms with van der Waals surface area (Å²) >= 11 is 0. The lowest BCUT2D eigenvalue weighted by molar-refractivity contribution is -0.146. The highest BCUT2D eigenvalue weighted by Gasteiger charge is 2.32. The molecular weight excluding hydrogens is 256 g/mol. The summed E-state index contributed by atoms with van der Waals surface area (Å²) in [7, 11) is 1.98. The minimum atomic E-state index is 0.134. The normalized spacial score (nSPS) is 25.1. The van der Waals surface area contributed by atoms with Gasteiger partial charge in [-0.05, 0) is 19.9 Å². The molecule has 2 aliphatic rings. The van der Waals surface area contributed by atoms with Gasteiger partial charge in [-0.25, -0.2) is 0 Å². The number of carbonyl (C=O) groups is 1. The summed E-state index contributed by atoms with van der Waals surface area (Å²) in [5.41, 5.74) is 0. The predicted octanol–water partition coefficient (Wildman–Crippen LogP) is 0.718. The van der Waals surface area contributed by atoms with Crippen LogP contribution in [-0.4, -0.2) is 73.4 Å². The van der Waals surface area contributed by atoms with Crippen LogP contribution < -0.4 is 0 Å². The molecule has 1 N–H and O–H groups in total. The van der Waals surface area contributed by atoms with Crippen LogP contribution in [0.1, 0.15) is 32.1 Å². The average Bonchev–Trinajstić information content (AvgIpc) is 2.48. The van der Waals surface area contributed by atoms with Gasteiger partial charge in [0.05, 0.1) is 25.9 Å². The first kappa shape index (κ1) is 15.7. The first-order valence-corrected chi connectivity index (χ1v) is 7.90. The van der Waals surface area contributed by atoms with Crippen molar-refractivity contribution in [1.82, 2.24) is 9.80 Å². The molecule has 1 aliphatic carbocycles. The number of aliphatic hydroxyl groups excluding tert-OH is 1. The molecule has 116 valence electrons. The Kier molecular flexibility index (Phi) is 6.26. The number of aliphatic hydroxyl groups is 1. The molecule has 0 aromatic rings. The second-order valence-corrected chi connectivity index (χ2v) is 6.08. The summed E-state index contributed by atoms with van der Waals surface area (Å²) in [6, 6.07) is 0.134. The molecule has 1 atom stereocenters. The second kappa shape index (κ2) is 7.96. The third-order valence-corrected chi connectivity index (χ3v) is 4.47. The van der Waals surface area contributed by atoms with E-state index in [1.54, 1.807) is 0 Å². The van der Waals surface area contributed by atoms with Crippen molar-refractivity contribution in [1.29, 1.82) is 0 Å². The smallest absolute Gasteiger partial charge is 0.226 e. The molecule has 0 aromatic carbocycles. The van der Waals surface area contributed by atoms with Gasteiger partial charge >= 0.3 is 0 Å². The van der Waals surface area contributed by atoms with Gasteiger partial charge in [-0.3, -0.25) is 4.79 Å². The van der Waals surface area contributed by atoms with E-state index in [4.69, 9.17) is 9.84 Å². The van der Waals surface area contributed by atoms with Crippen LogP contribution in [0.5, 0.6) is 0 Å². The maximum atomic E-state index is 12.7. The average molecular weight is 284 g/mol. The zero-order valence-corrected chi connectivity index (χ0v) is 12.6. The molecule has 1 amide bonds. The molecule has 1 aliphatic heterocycles. The fourth-order valence-electron chi connectivity index (χ4n) is 3.30. The van der Waals surface area contributed by atoms with Gasteiger partial charge in [-0.2, -0.15) is 0 Å². The van der Waals surface area contributed by atoms with E-state index >= 15 is 0 Å². The third kappa shape index (κ3) is 4.17. The van der Waals surface area contributed by atoms with E-state index in [0.29, 0.717) is 32.2 Å². The predicted molar refractivity (Wildman–Crippen MR) is 77.5 cm³/mol. The molecule has 20 heavy (non-hydrogen) atoms. The van der Waals surface area contributed by atoms with Gasteiger partial charge in [0.1, 0.15) is 0 Å². The highest BCUT2D eigenvalue weighted by Crippen LogP contribution is 2.26. The van der Waals surface area contributed by atoms with E-state index in [1.165, 1.54) is 19.3 Å². The molecule has 1 saturated carbocycles. The quantitative estimate of drug-likeness (QED) is 0.808. The van der Waals surface area contributed by atoms with Crippen LogP contribution in [-0.2, 0) is 9.53 Å². The number of morpholine rings is 1. The van der Waals surface area contributed by atoms with Crippen LogP contribution in [0.3, 0.4) is 0 Å². The Morgan fingerprint density at radius 2 is 2.10 bits per heavy atom. The first-order valence-electron chi connectivity index (χ1n) is 7.90. The highest BCUT2D eigenvalue weighted by molar-refractivity contribution is 5.79. The van der Waals surface area contributed by atoms with Crippen molar-refractivity contribution in [2.75, 3.05) is 46.5 Å². The summed E-state index contributed by atoms with van der Waals surface area (Å²) in [5, 5.41) is 8.99. The number of rotatable bonds is 5. The summed E-state index contributed by atoms with van der Waals surface area (Å²) in [6.07, 6.45) is 5.76. The van der Waals surface area contributed by atoms with Gasteiger partial charge in [-0.15, -0.1) is 0 Å². The molecule has 0 unspecified atom stereocenters. The molecule has 1 heterocycles. The summed E-state index contributed by atoms with van der Waals surface area (Å²) in [6.45, 7) is 3.56. The lowest BCUT2D eigenvalue weighted by Gasteiger charge is -2.40. The van der Waals surface area contributed by atoms with Crippen LogP contribution in [0, 0.1) is 5.92 Å². The molecule has 0 spiro atoms. The van der Waals surface area contributed by atoms with E-state index < -0.39 is 0 Å². The van der Waals surface area contributed by atoms with Crippen molar-refractivity contribution in [3.05, 3.63) is 0 Å². The van der Waals surface area contributed by atoms with Crippen molar-refractivity contribution in [3.63, 3.8) is 0 Å². The number of ether oxygens (including phenoxy) is 1. The second-order valence-electron chi connectivity index (χ2n) is 6.08. The van der Waals surface area contributed by atoms with Crippen LogP contribution in [0.15, 0.2) is 0 Å². The number of likely N-dealkylation sites (N-methyl/N-ethyl adjacent to an activating group) is 1. The molecular formula is C15H28N2O3. The Labute approximate surface area is 121 Å². The number of hydrogen-bond donors (Lipinski definition) is 1. The zero-order valence-electron chi connectivity index (χ0n) is 12.6. The van der Waals surface area contributed by atoms with E-state index in [1.807, 2.05) is 11.9 Å². The minimum Gasteiger partial charge on any atom is -0.395 e. The zero-order chi connectivity index (χ0) is 14.4. The van der Waals surface area contributed by atoms with Crippen molar-refractivity contribution >= 4 is 5.91 Å². The Morgan fingerprint density at radius 1 is 1.35 bits per heavy atom. The molecule has 0 bridgehead atoms. The van der Waals surface area contributed by atoms with Crippen molar-refractivity contribution in [2.24, 2.45) is 5.92 Å². The van der Waals surface area contributed by atoms with Crippen molar-refractivity contribution < 1.29 is 14.6 Å². The van der Waals surface area contributed by atoms with Gasteiger partial charge in [0.15, 0.2) is 0 Å². The Bertz CT molecular complexity index is 305. The molecule has 0 aromatic heterocycles. The molecule has 5 heteroatoms. The van der Waals surface area contributed by atoms with Gasteiger partial charge in [0, 0.05) is 25.6 Å². The Hall–Kier alpha value is -0.650. The highest BCUT2D eigenvalue weighted by atomic mass is 16.5. The maximum Gasteiger partial charge on any atom is 0.226 e. The molecule has 1 saturated heterocycles. The lowest BCUT2D eigenvalue weighted by atomic mass is 9.88. The van der Waals surface area contributed by atoms with E-state index in [0.717, 1.165) is 19.4 Å². The summed E-state index contributed by atoms with van der Waals surface area (Å²) in [5.74, 6) is 0.558. The van der Waals surface area contributed by atoms with Crippen LogP contribution in [0.2, 0.25) is 0 Å². The monoisotopic (exact) mass is 284 g/mol. The van der Waals surface area contributed by atoms with Gasteiger partial charge in [0.2, 0.25) is 5.91 Å². The van der Waals surface area contributed by atoms with E-state index in [-0.39, 0.29) is 18.6 Å². The van der Waals surface area contributed by atoms with Gasteiger partial charge < -0.3 is 19.6 Å². The van der Waals surface area contributed by atoms with Crippen molar-refractivity contribution in [2.45, 2.75) is 38.1 Å². The maximum absolute atomic E-state index is 12.7. The van der Waals surface area contributed by atoms with Crippen molar-refractivity contribution in [3.8, 4) is 0 Å². The molecule has 2 rings (SSSR count). The molecule has 0 radical (unpaired) electrons. The first-order chi connectivity index (χ1) is 9.72. The van der Waals surface area contributed by atoms with Crippen LogP contribution in [0.4, 0.5) is 0 Å². The number of amides is 1. The fraction of sp³-hybridized carbons (Fsp3) is 0.933. The SMILES string of the molecule is CN(CCO)C[C@@H]1COCCN1C(=O)C1CCCCC1. The molecule has 2 fully saturated rings. The van der Waals surface area contributed by atoms with Gasteiger partial charge in [-0.1, -0.05) is 19.3 Å². The fourth-order valence-corrected chi connectivity index (χ4v) is 3.30. The Morgan fingerprint density at radius 3 is 2.80 bits per heavy atom. The topological polar surface area (TPSA) is 53.0 Å². The summed E-state index contributed by atoms with van der Waals surface area (Å²) in [4.78, 5) is 16.8. The number of nitrogens with zero attached hydrogens (tertiary/aromatic N) is 2. The van der Waals surface area contributed by atoms with E-state index in [9.17, 15) is 4.79 Å². The largest absolute Gasteiger partial charge is 0.395 e. The third-order valence-electron chi connectivity index (χ3n) is 4.47. The van der Waals surface area contributed by atoms with Crippen LogP contribution in [0.25, 0.3) is 0 Å². The molecule has 5 nitrogen and oxygen atoms in total. The standard InChI is InChI=1S/C15H28N2O3/c1-16(7-9-18)11-14-12-20-10-8-17(14)15(19)13-5-3-2-4-6-13/h13-14,18H,2-12H2,1H3/t14-/m1/s1. The van der Waals surface area contributed by atoms with E-state index in [2.05, 4.69) is 4.90 Å². The number of carbonyl (C=O) groups excluding carboxylic acids is 1. The lowest BCUT2D eigenvalue weighted by Crippen LogP contribution is -2.55. The summed E-state index contributed by atoms with van der Waals surface area (Å²) < 4.78 is 5.55. The van der Waals surface area contributed by atoms with Gasteiger partial charge in [0.25, 0.3) is 0 Å². The minimum absolute atomic E-state index is 0.134. The van der Waals surface area contributed by atoms with Crippen LogP contribution >= 0.6 is 0 Å².